The van der Waals surface area contributed by atoms with Gasteiger partial charge in [0.15, 0.2) is 0 Å². The molecule has 1 amide bonds. The maximum Gasteiger partial charge on any atom is 0.258 e. The normalized spacial score (nSPS) is 11.6. The Balaban J connectivity index is 2.05. The van der Waals surface area contributed by atoms with E-state index in [1.807, 2.05) is 17.5 Å². The van der Waals surface area contributed by atoms with Gasteiger partial charge in [-0.15, -0.1) is 11.3 Å². The number of nitrogens with zero attached hydrogens (tertiary/aromatic N) is 2. The van der Waals surface area contributed by atoms with Crippen LogP contribution in [0.25, 0.3) is 0 Å². The van der Waals surface area contributed by atoms with Gasteiger partial charge in [-0.05, 0) is 69.8 Å². The van der Waals surface area contributed by atoms with Gasteiger partial charge < -0.3 is 4.90 Å². The summed E-state index contributed by atoms with van der Waals surface area (Å²) in [5.41, 5.74) is 0.735. The van der Waals surface area contributed by atoms with Gasteiger partial charge in [0.25, 0.3) is 5.91 Å². The standard InChI is InChI=1S/C20H18BrFN2O3S2/c1-23(2)29(26,27)19-12-14(5-10-18(19)21)20(25)24(13-17-4-3-11-28-17)16-8-6-15(22)7-9-16/h3-12H,13H2,1-2H3. The predicted octanol–water partition coefficient (Wildman–Crippen LogP) is 4.75. The zero-order chi connectivity index (χ0) is 21.2. The lowest BCUT2D eigenvalue weighted by molar-refractivity contribution is 0.0985. The van der Waals surface area contributed by atoms with Crippen molar-refractivity contribution < 1.29 is 17.6 Å². The van der Waals surface area contributed by atoms with Crippen LogP contribution in [0.5, 0.6) is 0 Å². The SMILES string of the molecule is CN(C)S(=O)(=O)c1cc(C(=O)N(Cc2cccs2)c2ccc(F)cc2)ccc1Br. The minimum atomic E-state index is -3.74. The number of hydrogen-bond donors (Lipinski definition) is 0. The molecule has 0 aliphatic rings. The first-order chi connectivity index (χ1) is 13.7. The molecule has 3 aromatic rings. The number of benzene rings is 2. The molecule has 0 aliphatic heterocycles. The number of halogens is 2. The van der Waals surface area contributed by atoms with Gasteiger partial charge in [0, 0.05) is 34.7 Å². The molecule has 0 spiro atoms. The van der Waals surface area contributed by atoms with E-state index >= 15 is 0 Å². The van der Waals surface area contributed by atoms with Crippen LogP contribution in [0.4, 0.5) is 10.1 Å². The summed E-state index contributed by atoms with van der Waals surface area (Å²) in [4.78, 5) is 15.8. The van der Waals surface area contributed by atoms with Crippen molar-refractivity contribution >= 4 is 48.9 Å². The van der Waals surface area contributed by atoms with E-state index in [2.05, 4.69) is 15.9 Å². The lowest BCUT2D eigenvalue weighted by atomic mass is 10.1. The lowest BCUT2D eigenvalue weighted by Gasteiger charge is -2.23. The predicted molar refractivity (Wildman–Crippen MR) is 116 cm³/mol. The molecule has 2 aromatic carbocycles. The molecule has 0 atom stereocenters. The smallest absolute Gasteiger partial charge is 0.258 e. The molecule has 0 saturated heterocycles. The van der Waals surface area contributed by atoms with Gasteiger partial charge in [-0.3, -0.25) is 4.79 Å². The second-order valence-corrected chi connectivity index (χ2v) is 10.4. The summed E-state index contributed by atoms with van der Waals surface area (Å²) in [5.74, 6) is -0.784. The number of anilines is 1. The van der Waals surface area contributed by atoms with E-state index in [9.17, 15) is 17.6 Å². The van der Waals surface area contributed by atoms with Crippen LogP contribution >= 0.6 is 27.3 Å². The Labute approximate surface area is 181 Å². The minimum Gasteiger partial charge on any atom is -0.303 e. The van der Waals surface area contributed by atoms with Gasteiger partial charge in [0.1, 0.15) is 5.82 Å². The summed E-state index contributed by atoms with van der Waals surface area (Å²) in [6.07, 6.45) is 0. The fraction of sp³-hybridized carbons (Fsp3) is 0.150. The van der Waals surface area contributed by atoms with Crippen LogP contribution in [0.15, 0.2) is 69.3 Å². The van der Waals surface area contributed by atoms with Crippen molar-refractivity contribution in [1.29, 1.82) is 0 Å². The van der Waals surface area contributed by atoms with Crippen molar-refractivity contribution in [2.24, 2.45) is 0 Å². The van der Waals surface area contributed by atoms with Crippen LogP contribution in [0.2, 0.25) is 0 Å². The highest BCUT2D eigenvalue weighted by Gasteiger charge is 2.25. The number of amides is 1. The molecule has 0 unspecified atom stereocenters. The van der Waals surface area contributed by atoms with Crippen molar-refractivity contribution in [2.45, 2.75) is 11.4 Å². The third-order valence-electron chi connectivity index (χ3n) is 4.21. The van der Waals surface area contributed by atoms with Gasteiger partial charge in [0.05, 0.1) is 11.4 Å². The van der Waals surface area contributed by atoms with E-state index < -0.39 is 15.8 Å². The van der Waals surface area contributed by atoms with Crippen LogP contribution in [0.3, 0.4) is 0 Å². The van der Waals surface area contributed by atoms with Crippen LogP contribution < -0.4 is 4.90 Å². The molecule has 5 nitrogen and oxygen atoms in total. The first-order valence-electron chi connectivity index (χ1n) is 8.52. The molecule has 9 heteroatoms. The number of hydrogen-bond acceptors (Lipinski definition) is 4. The zero-order valence-corrected chi connectivity index (χ0v) is 18.9. The summed E-state index contributed by atoms with van der Waals surface area (Å²) in [6.45, 7) is 0.286. The average molecular weight is 497 g/mol. The Kier molecular flexibility index (Phi) is 6.52. The highest BCUT2D eigenvalue weighted by molar-refractivity contribution is 9.10. The van der Waals surface area contributed by atoms with E-state index in [0.717, 1.165) is 9.18 Å². The Hall–Kier alpha value is -2.07. The van der Waals surface area contributed by atoms with Crippen molar-refractivity contribution in [3.63, 3.8) is 0 Å². The number of sulfonamides is 1. The Morgan fingerprint density at radius 1 is 1.10 bits per heavy atom. The van der Waals surface area contributed by atoms with Gasteiger partial charge in [-0.1, -0.05) is 6.07 Å². The quantitative estimate of drug-likeness (QED) is 0.494. The van der Waals surface area contributed by atoms with Gasteiger partial charge in [-0.25, -0.2) is 17.1 Å². The second kappa shape index (κ2) is 8.74. The number of carbonyl (C=O) groups is 1. The molecule has 1 aromatic heterocycles. The highest BCUT2D eigenvalue weighted by Crippen LogP contribution is 2.28. The summed E-state index contributed by atoms with van der Waals surface area (Å²) >= 11 is 4.75. The Morgan fingerprint density at radius 3 is 2.38 bits per heavy atom. The molecule has 0 radical (unpaired) electrons. The number of rotatable bonds is 6. The summed E-state index contributed by atoms with van der Waals surface area (Å²) in [6, 6.07) is 13.9. The maximum atomic E-state index is 13.4. The summed E-state index contributed by atoms with van der Waals surface area (Å²) in [7, 11) is -0.884. The van der Waals surface area contributed by atoms with E-state index in [0.29, 0.717) is 10.2 Å². The third-order valence-corrected chi connectivity index (χ3v) is 7.88. The fourth-order valence-electron chi connectivity index (χ4n) is 2.65. The minimum absolute atomic E-state index is 0.00327. The first kappa shape index (κ1) is 21.6. The maximum absolute atomic E-state index is 13.4. The van der Waals surface area contributed by atoms with Crippen molar-refractivity contribution in [2.75, 3.05) is 19.0 Å². The van der Waals surface area contributed by atoms with Crippen molar-refractivity contribution in [3.05, 3.63) is 80.7 Å². The molecule has 0 saturated carbocycles. The Morgan fingerprint density at radius 2 is 1.79 bits per heavy atom. The van der Waals surface area contributed by atoms with Crippen LogP contribution in [0, 0.1) is 5.82 Å². The molecule has 0 aliphatic carbocycles. The molecular formula is C20H18BrFN2O3S2. The summed E-state index contributed by atoms with van der Waals surface area (Å²) in [5, 5.41) is 1.91. The Bertz CT molecular complexity index is 1120. The summed E-state index contributed by atoms with van der Waals surface area (Å²) < 4.78 is 40.0. The molecule has 0 N–H and O–H groups in total. The average Bonchev–Trinajstić information content (AvgIpc) is 3.20. The lowest BCUT2D eigenvalue weighted by Crippen LogP contribution is -2.30. The fourth-order valence-corrected chi connectivity index (χ4v) is 5.18. The molecule has 152 valence electrons. The van der Waals surface area contributed by atoms with E-state index in [1.165, 1.54) is 66.7 Å². The van der Waals surface area contributed by atoms with Gasteiger partial charge >= 0.3 is 0 Å². The molecule has 1 heterocycles. The molecular weight excluding hydrogens is 479 g/mol. The van der Waals surface area contributed by atoms with E-state index in [4.69, 9.17) is 0 Å². The highest BCUT2D eigenvalue weighted by atomic mass is 79.9. The van der Waals surface area contributed by atoms with Gasteiger partial charge in [0.2, 0.25) is 10.0 Å². The van der Waals surface area contributed by atoms with Crippen LogP contribution in [-0.2, 0) is 16.6 Å². The molecule has 0 fully saturated rings. The number of thiophene rings is 1. The first-order valence-corrected chi connectivity index (χ1v) is 11.6. The van der Waals surface area contributed by atoms with E-state index in [1.54, 1.807) is 6.07 Å². The molecule has 3 rings (SSSR count). The molecule has 0 bridgehead atoms. The van der Waals surface area contributed by atoms with Crippen LogP contribution in [0.1, 0.15) is 15.2 Å². The largest absolute Gasteiger partial charge is 0.303 e. The second-order valence-electron chi connectivity index (χ2n) is 6.38. The topological polar surface area (TPSA) is 57.7 Å². The number of carbonyl (C=O) groups excluding carboxylic acids is 1. The monoisotopic (exact) mass is 496 g/mol. The zero-order valence-electron chi connectivity index (χ0n) is 15.7. The van der Waals surface area contributed by atoms with E-state index in [-0.39, 0.29) is 22.9 Å². The third kappa shape index (κ3) is 4.75. The van der Waals surface area contributed by atoms with Crippen molar-refractivity contribution in [1.82, 2.24) is 4.31 Å². The van der Waals surface area contributed by atoms with Crippen molar-refractivity contribution in [3.8, 4) is 0 Å². The van der Waals surface area contributed by atoms with Gasteiger partial charge in [-0.2, -0.15) is 0 Å². The molecule has 29 heavy (non-hydrogen) atoms. The van der Waals surface area contributed by atoms with Crippen LogP contribution in [-0.4, -0.2) is 32.7 Å².